The number of anilines is 1. The second-order valence-electron chi connectivity index (χ2n) is 5.12. The van der Waals surface area contributed by atoms with Crippen molar-refractivity contribution in [2.45, 2.75) is 25.7 Å². The van der Waals surface area contributed by atoms with E-state index in [4.69, 9.17) is 4.74 Å². The second-order valence-corrected chi connectivity index (χ2v) is 7.09. The molecular weight excluding hydrogens is 298 g/mol. The molecule has 118 valence electrons. The number of ether oxygens (including phenoxy) is 1. The molecule has 0 aliphatic rings. The number of benzene rings is 2. The molecule has 0 heterocycles. The van der Waals surface area contributed by atoms with E-state index in [1.54, 1.807) is 31.3 Å². The zero-order valence-corrected chi connectivity index (χ0v) is 14.1. The molecule has 0 aliphatic heterocycles. The van der Waals surface area contributed by atoms with Crippen molar-refractivity contribution in [3.8, 4) is 5.75 Å². The second kappa shape index (κ2) is 6.40. The van der Waals surface area contributed by atoms with Gasteiger partial charge in [-0.15, -0.1) is 0 Å². The molecule has 0 unspecified atom stereocenters. The average molecular weight is 319 g/mol. The molecule has 0 spiro atoms. The fraction of sp³-hybridized carbons (Fsp3) is 0.294. The van der Waals surface area contributed by atoms with Crippen molar-refractivity contribution in [1.29, 1.82) is 0 Å². The van der Waals surface area contributed by atoms with E-state index < -0.39 is 10.0 Å². The summed E-state index contributed by atoms with van der Waals surface area (Å²) < 4.78 is 32.3. The Morgan fingerprint density at radius 2 is 1.55 bits per heavy atom. The van der Waals surface area contributed by atoms with E-state index in [9.17, 15) is 8.42 Å². The minimum Gasteiger partial charge on any atom is -0.494 e. The predicted octanol–water partition coefficient (Wildman–Crippen LogP) is 3.53. The van der Waals surface area contributed by atoms with E-state index in [0.717, 1.165) is 16.8 Å². The van der Waals surface area contributed by atoms with Gasteiger partial charge in [0.25, 0.3) is 10.0 Å². The number of hydrogen-bond donors (Lipinski definition) is 0. The number of para-hydroxylation sites is 1. The summed E-state index contributed by atoms with van der Waals surface area (Å²) in [6.45, 7) is 6.26. The lowest BCUT2D eigenvalue weighted by Crippen LogP contribution is -2.27. The van der Waals surface area contributed by atoms with Gasteiger partial charge in [-0.25, -0.2) is 8.42 Å². The quantitative estimate of drug-likeness (QED) is 0.847. The molecule has 0 saturated heterocycles. The summed E-state index contributed by atoms with van der Waals surface area (Å²) in [4.78, 5) is 0.251. The van der Waals surface area contributed by atoms with Crippen LogP contribution in [0, 0.1) is 13.8 Å². The highest BCUT2D eigenvalue weighted by Crippen LogP contribution is 2.29. The van der Waals surface area contributed by atoms with Crippen molar-refractivity contribution < 1.29 is 13.2 Å². The largest absolute Gasteiger partial charge is 0.494 e. The van der Waals surface area contributed by atoms with Gasteiger partial charge < -0.3 is 4.74 Å². The van der Waals surface area contributed by atoms with E-state index in [0.29, 0.717) is 12.4 Å². The lowest BCUT2D eigenvalue weighted by Gasteiger charge is -2.23. The van der Waals surface area contributed by atoms with Gasteiger partial charge in [0.1, 0.15) is 5.75 Å². The first-order valence-electron chi connectivity index (χ1n) is 7.16. The monoisotopic (exact) mass is 319 g/mol. The van der Waals surface area contributed by atoms with Gasteiger partial charge in [0.05, 0.1) is 17.2 Å². The van der Waals surface area contributed by atoms with Crippen LogP contribution in [0.2, 0.25) is 0 Å². The Labute approximate surface area is 132 Å². The van der Waals surface area contributed by atoms with Crippen LogP contribution in [0.4, 0.5) is 5.69 Å². The summed E-state index contributed by atoms with van der Waals surface area (Å²) >= 11 is 0. The summed E-state index contributed by atoms with van der Waals surface area (Å²) in [6.07, 6.45) is 0. The van der Waals surface area contributed by atoms with Gasteiger partial charge in [0.2, 0.25) is 0 Å². The molecule has 0 amide bonds. The SMILES string of the molecule is CCOc1ccc(S(=O)(=O)N(C)c2c(C)cccc2C)cc1. The van der Waals surface area contributed by atoms with Gasteiger partial charge in [0.15, 0.2) is 0 Å². The molecule has 0 radical (unpaired) electrons. The van der Waals surface area contributed by atoms with Gasteiger partial charge in [-0.1, -0.05) is 18.2 Å². The molecule has 0 aliphatic carbocycles. The lowest BCUT2D eigenvalue weighted by molar-refractivity contribution is 0.340. The molecule has 0 bridgehead atoms. The van der Waals surface area contributed by atoms with Crippen molar-refractivity contribution in [2.75, 3.05) is 18.0 Å². The summed E-state index contributed by atoms with van der Waals surface area (Å²) in [5.41, 5.74) is 2.57. The number of hydrogen-bond acceptors (Lipinski definition) is 3. The molecule has 4 nitrogen and oxygen atoms in total. The van der Waals surface area contributed by atoms with Crippen molar-refractivity contribution in [1.82, 2.24) is 0 Å². The minimum absolute atomic E-state index is 0.251. The van der Waals surface area contributed by atoms with Gasteiger partial charge in [-0.05, 0) is 56.2 Å². The van der Waals surface area contributed by atoms with E-state index >= 15 is 0 Å². The third-order valence-electron chi connectivity index (χ3n) is 3.55. The smallest absolute Gasteiger partial charge is 0.264 e. The minimum atomic E-state index is -3.59. The Hall–Kier alpha value is -2.01. The molecular formula is C17H21NO3S. The summed E-state index contributed by atoms with van der Waals surface area (Å²) in [5, 5.41) is 0. The first-order valence-corrected chi connectivity index (χ1v) is 8.60. The molecule has 0 aromatic heterocycles. The number of aryl methyl sites for hydroxylation is 2. The average Bonchev–Trinajstić information content (AvgIpc) is 2.48. The van der Waals surface area contributed by atoms with E-state index in [1.165, 1.54) is 4.31 Å². The zero-order valence-electron chi connectivity index (χ0n) is 13.3. The maximum Gasteiger partial charge on any atom is 0.264 e. The van der Waals surface area contributed by atoms with Crippen molar-refractivity contribution >= 4 is 15.7 Å². The van der Waals surface area contributed by atoms with Crippen LogP contribution in [0.3, 0.4) is 0 Å². The highest BCUT2D eigenvalue weighted by Gasteiger charge is 2.23. The van der Waals surface area contributed by atoms with Gasteiger partial charge in [-0.2, -0.15) is 0 Å². The Morgan fingerprint density at radius 1 is 1.00 bits per heavy atom. The number of sulfonamides is 1. The Balaban J connectivity index is 2.41. The highest BCUT2D eigenvalue weighted by molar-refractivity contribution is 7.92. The third kappa shape index (κ3) is 3.09. The van der Waals surface area contributed by atoms with Crippen LogP contribution in [0.15, 0.2) is 47.4 Å². The van der Waals surface area contributed by atoms with E-state index in [2.05, 4.69) is 0 Å². The third-order valence-corrected chi connectivity index (χ3v) is 5.32. The Morgan fingerprint density at radius 3 is 2.05 bits per heavy atom. The first kappa shape index (κ1) is 16.4. The van der Waals surface area contributed by atoms with Crippen LogP contribution in [0.5, 0.6) is 5.75 Å². The first-order chi connectivity index (χ1) is 10.4. The normalized spacial score (nSPS) is 11.3. The van der Waals surface area contributed by atoms with Crippen LogP contribution in [-0.2, 0) is 10.0 Å². The lowest BCUT2D eigenvalue weighted by atomic mass is 10.1. The van der Waals surface area contributed by atoms with Gasteiger partial charge in [0, 0.05) is 7.05 Å². The molecule has 5 heteroatoms. The predicted molar refractivity (Wildman–Crippen MR) is 89.1 cm³/mol. The van der Waals surface area contributed by atoms with Crippen molar-refractivity contribution in [3.63, 3.8) is 0 Å². The van der Waals surface area contributed by atoms with Crippen LogP contribution in [-0.4, -0.2) is 22.1 Å². The molecule has 2 rings (SSSR count). The van der Waals surface area contributed by atoms with Gasteiger partial charge in [-0.3, -0.25) is 4.31 Å². The molecule has 2 aromatic rings. The molecule has 0 saturated carbocycles. The molecule has 22 heavy (non-hydrogen) atoms. The fourth-order valence-electron chi connectivity index (χ4n) is 2.46. The summed E-state index contributed by atoms with van der Waals surface area (Å²) in [6, 6.07) is 12.2. The van der Waals surface area contributed by atoms with Crippen LogP contribution in [0.25, 0.3) is 0 Å². The summed E-state index contributed by atoms with van der Waals surface area (Å²) in [7, 11) is -2.01. The standard InChI is InChI=1S/C17H21NO3S/c1-5-21-15-9-11-16(12-10-15)22(19,20)18(4)17-13(2)7-6-8-14(17)3/h6-12H,5H2,1-4H3. The Kier molecular flexibility index (Phi) is 4.76. The van der Waals surface area contributed by atoms with Crippen LogP contribution < -0.4 is 9.04 Å². The molecule has 0 fully saturated rings. The number of rotatable bonds is 5. The van der Waals surface area contributed by atoms with Crippen molar-refractivity contribution in [2.24, 2.45) is 0 Å². The van der Waals surface area contributed by atoms with Crippen LogP contribution >= 0.6 is 0 Å². The summed E-state index contributed by atoms with van der Waals surface area (Å²) in [5.74, 6) is 0.663. The maximum absolute atomic E-state index is 12.8. The van der Waals surface area contributed by atoms with Crippen molar-refractivity contribution in [3.05, 3.63) is 53.6 Å². The zero-order chi connectivity index (χ0) is 16.3. The van der Waals surface area contributed by atoms with Crippen LogP contribution in [0.1, 0.15) is 18.1 Å². The van der Waals surface area contributed by atoms with E-state index in [1.807, 2.05) is 39.0 Å². The Bertz CT molecular complexity index is 732. The van der Waals surface area contributed by atoms with Gasteiger partial charge >= 0.3 is 0 Å². The highest BCUT2D eigenvalue weighted by atomic mass is 32.2. The maximum atomic E-state index is 12.8. The number of nitrogens with zero attached hydrogens (tertiary/aromatic N) is 1. The topological polar surface area (TPSA) is 46.6 Å². The molecule has 0 N–H and O–H groups in total. The molecule has 0 atom stereocenters. The van der Waals surface area contributed by atoms with E-state index in [-0.39, 0.29) is 4.90 Å². The fourth-order valence-corrected chi connectivity index (χ4v) is 3.78. The molecule has 2 aromatic carbocycles.